The highest BCUT2D eigenvalue weighted by molar-refractivity contribution is 7.92. The molecule has 45 heavy (non-hydrogen) atoms. The van der Waals surface area contributed by atoms with Crippen molar-refractivity contribution in [2.75, 3.05) is 10.8 Å². The molecule has 8 nitrogen and oxygen atoms in total. The van der Waals surface area contributed by atoms with Crippen molar-refractivity contribution in [3.05, 3.63) is 120 Å². The van der Waals surface area contributed by atoms with Gasteiger partial charge in [0, 0.05) is 12.6 Å². The number of carbonyl (C=O) groups is 2. The number of hydrogen-bond acceptors (Lipinski definition) is 5. The first-order chi connectivity index (χ1) is 21.6. The lowest BCUT2D eigenvalue weighted by molar-refractivity contribution is -0.140. The summed E-state index contributed by atoms with van der Waals surface area (Å²) in [5.41, 5.74) is 2.20. The molecule has 236 valence electrons. The van der Waals surface area contributed by atoms with Crippen molar-refractivity contribution in [3.63, 3.8) is 0 Å². The highest BCUT2D eigenvalue weighted by Crippen LogP contribution is 2.28. The molecule has 0 bridgehead atoms. The standard InChI is InChI=1S/C36H41N3O5S/c1-5-28(4)37-36(41)34(6-2)38(25-29-19-17-27(3)18-20-29)35(40)26-39(45(42,43)33-15-11-8-12-16-33)30-21-23-32(24-22-30)44-31-13-9-7-10-14-31/h7-24,28,34H,5-6,25-26H2,1-4H3,(H,37,41)/t28-,34+/m0/s1. The van der Waals surface area contributed by atoms with Crippen molar-refractivity contribution in [3.8, 4) is 11.5 Å². The monoisotopic (exact) mass is 627 g/mol. The van der Waals surface area contributed by atoms with Gasteiger partial charge in [-0.25, -0.2) is 8.42 Å². The summed E-state index contributed by atoms with van der Waals surface area (Å²) in [5, 5.41) is 3.00. The Kier molecular flexibility index (Phi) is 11.4. The molecule has 0 aliphatic rings. The highest BCUT2D eigenvalue weighted by Gasteiger charge is 2.34. The van der Waals surface area contributed by atoms with Crippen LogP contribution in [0.3, 0.4) is 0 Å². The lowest BCUT2D eigenvalue weighted by atomic mass is 10.1. The average Bonchev–Trinajstić information content (AvgIpc) is 3.05. The highest BCUT2D eigenvalue weighted by atomic mass is 32.2. The second-order valence-electron chi connectivity index (χ2n) is 11.0. The molecule has 0 saturated heterocycles. The van der Waals surface area contributed by atoms with E-state index in [1.165, 1.54) is 17.0 Å². The summed E-state index contributed by atoms with van der Waals surface area (Å²) in [6.45, 7) is 7.35. The first-order valence-corrected chi connectivity index (χ1v) is 16.6. The number of nitrogens with one attached hydrogen (secondary N) is 1. The second kappa shape index (κ2) is 15.4. The maximum atomic E-state index is 14.3. The predicted octanol–water partition coefficient (Wildman–Crippen LogP) is 6.70. The van der Waals surface area contributed by atoms with Crippen LogP contribution < -0.4 is 14.4 Å². The molecular formula is C36H41N3O5S. The summed E-state index contributed by atoms with van der Waals surface area (Å²) in [4.78, 5) is 29.2. The van der Waals surface area contributed by atoms with E-state index in [-0.39, 0.29) is 23.4 Å². The Balaban J connectivity index is 1.71. The number of hydrogen-bond donors (Lipinski definition) is 1. The van der Waals surface area contributed by atoms with Crippen molar-refractivity contribution in [2.45, 2.75) is 64.1 Å². The maximum Gasteiger partial charge on any atom is 0.264 e. The minimum atomic E-state index is -4.16. The van der Waals surface area contributed by atoms with Crippen LogP contribution in [0.2, 0.25) is 0 Å². The molecule has 0 radical (unpaired) electrons. The quantitative estimate of drug-likeness (QED) is 0.168. The lowest BCUT2D eigenvalue weighted by Crippen LogP contribution is -2.53. The van der Waals surface area contributed by atoms with Gasteiger partial charge in [0.15, 0.2) is 0 Å². The Morgan fingerprint density at radius 1 is 0.778 bits per heavy atom. The fraction of sp³-hybridized carbons (Fsp3) is 0.278. The van der Waals surface area contributed by atoms with Crippen molar-refractivity contribution in [1.29, 1.82) is 0 Å². The van der Waals surface area contributed by atoms with Gasteiger partial charge < -0.3 is 15.0 Å². The number of para-hydroxylation sites is 1. The number of carbonyl (C=O) groups excluding carboxylic acids is 2. The van der Waals surface area contributed by atoms with Gasteiger partial charge in [-0.05, 0) is 80.8 Å². The van der Waals surface area contributed by atoms with Crippen LogP contribution in [0.5, 0.6) is 11.5 Å². The van der Waals surface area contributed by atoms with E-state index in [9.17, 15) is 18.0 Å². The number of ether oxygens (including phenoxy) is 1. The number of benzene rings is 4. The van der Waals surface area contributed by atoms with Crippen molar-refractivity contribution in [2.24, 2.45) is 0 Å². The van der Waals surface area contributed by atoms with Gasteiger partial charge in [0.1, 0.15) is 24.1 Å². The van der Waals surface area contributed by atoms with Crippen LogP contribution in [0.15, 0.2) is 114 Å². The third kappa shape index (κ3) is 8.73. The number of amides is 2. The van der Waals surface area contributed by atoms with Gasteiger partial charge in [-0.15, -0.1) is 0 Å². The molecule has 4 rings (SSSR count). The third-order valence-corrected chi connectivity index (χ3v) is 9.36. The van der Waals surface area contributed by atoms with Gasteiger partial charge in [0.05, 0.1) is 10.6 Å². The molecule has 4 aromatic carbocycles. The van der Waals surface area contributed by atoms with Crippen molar-refractivity contribution in [1.82, 2.24) is 10.2 Å². The molecule has 0 heterocycles. The summed E-state index contributed by atoms with van der Waals surface area (Å²) in [7, 11) is -4.16. The predicted molar refractivity (Wildman–Crippen MR) is 178 cm³/mol. The molecule has 0 saturated carbocycles. The molecule has 0 aromatic heterocycles. The summed E-state index contributed by atoms with van der Waals surface area (Å²) in [6, 6.07) is 30.7. The fourth-order valence-corrected chi connectivity index (χ4v) is 6.24. The van der Waals surface area contributed by atoms with E-state index >= 15 is 0 Å². The van der Waals surface area contributed by atoms with Crippen molar-refractivity contribution >= 4 is 27.5 Å². The summed E-state index contributed by atoms with van der Waals surface area (Å²) in [6.07, 6.45) is 1.10. The normalized spacial score (nSPS) is 12.5. The van der Waals surface area contributed by atoms with Crippen LogP contribution in [-0.4, -0.2) is 43.8 Å². The van der Waals surface area contributed by atoms with Gasteiger partial charge in [-0.1, -0.05) is 80.1 Å². The van der Waals surface area contributed by atoms with Gasteiger partial charge in [0.25, 0.3) is 10.0 Å². The fourth-order valence-electron chi connectivity index (χ4n) is 4.80. The van der Waals surface area contributed by atoms with Crippen molar-refractivity contribution < 1.29 is 22.7 Å². The Morgan fingerprint density at radius 2 is 1.36 bits per heavy atom. The first-order valence-electron chi connectivity index (χ1n) is 15.2. The third-order valence-electron chi connectivity index (χ3n) is 7.57. The van der Waals surface area contributed by atoms with E-state index in [2.05, 4.69) is 5.32 Å². The minimum Gasteiger partial charge on any atom is -0.457 e. The molecule has 0 aliphatic heterocycles. The van der Waals surface area contributed by atoms with E-state index in [4.69, 9.17) is 4.74 Å². The summed E-state index contributed by atoms with van der Waals surface area (Å²) >= 11 is 0. The topological polar surface area (TPSA) is 96.0 Å². The second-order valence-corrected chi connectivity index (χ2v) is 12.8. The number of sulfonamides is 1. The Morgan fingerprint density at radius 3 is 1.93 bits per heavy atom. The molecule has 2 amide bonds. The van der Waals surface area contributed by atoms with Gasteiger partial charge in [-0.2, -0.15) is 0 Å². The van der Waals surface area contributed by atoms with Crippen LogP contribution in [0, 0.1) is 6.92 Å². The molecule has 9 heteroatoms. The molecule has 0 fully saturated rings. The molecule has 0 aliphatic carbocycles. The SMILES string of the molecule is CC[C@H](C(=O)N[C@@H](C)CC)N(Cc1ccc(C)cc1)C(=O)CN(c1ccc(Oc2ccccc2)cc1)S(=O)(=O)c1ccccc1. The Bertz CT molecular complexity index is 1640. The largest absolute Gasteiger partial charge is 0.457 e. The first kappa shape index (κ1) is 33.3. The summed E-state index contributed by atoms with van der Waals surface area (Å²) in [5.74, 6) is 0.391. The minimum absolute atomic E-state index is 0.0500. The van der Waals surface area contributed by atoms with Gasteiger partial charge >= 0.3 is 0 Å². The molecule has 2 atom stereocenters. The Labute approximate surface area is 266 Å². The number of rotatable bonds is 14. The zero-order valence-corrected chi connectivity index (χ0v) is 27.0. The van der Waals surface area contributed by atoms with E-state index < -0.39 is 28.5 Å². The van der Waals surface area contributed by atoms with Crippen LogP contribution in [0.25, 0.3) is 0 Å². The number of nitrogens with zero attached hydrogens (tertiary/aromatic N) is 2. The van der Waals surface area contributed by atoms with Crippen LogP contribution in [-0.2, 0) is 26.2 Å². The average molecular weight is 628 g/mol. The smallest absolute Gasteiger partial charge is 0.264 e. The lowest BCUT2D eigenvalue weighted by Gasteiger charge is -2.33. The van der Waals surface area contributed by atoms with Crippen LogP contribution >= 0.6 is 0 Å². The summed E-state index contributed by atoms with van der Waals surface area (Å²) < 4.78 is 35.1. The van der Waals surface area contributed by atoms with Gasteiger partial charge in [-0.3, -0.25) is 13.9 Å². The maximum absolute atomic E-state index is 14.3. The molecular weight excluding hydrogens is 586 g/mol. The van der Waals surface area contributed by atoms with Gasteiger partial charge in [0.2, 0.25) is 11.8 Å². The number of anilines is 1. The van der Waals surface area contributed by atoms with E-state index in [1.807, 2.05) is 82.3 Å². The van der Waals surface area contributed by atoms with E-state index in [1.54, 1.807) is 42.5 Å². The number of aryl methyl sites for hydroxylation is 1. The zero-order valence-electron chi connectivity index (χ0n) is 26.2. The Hall–Kier alpha value is -4.63. The molecule has 4 aromatic rings. The molecule has 1 N–H and O–H groups in total. The van der Waals surface area contributed by atoms with E-state index in [0.29, 0.717) is 23.6 Å². The molecule has 0 spiro atoms. The zero-order chi connectivity index (χ0) is 32.4. The van der Waals surface area contributed by atoms with Crippen LogP contribution in [0.4, 0.5) is 5.69 Å². The van der Waals surface area contributed by atoms with E-state index in [0.717, 1.165) is 21.9 Å². The van der Waals surface area contributed by atoms with Crippen LogP contribution in [0.1, 0.15) is 44.7 Å². The molecule has 0 unspecified atom stereocenters.